The Bertz CT molecular complexity index is 556. The summed E-state index contributed by atoms with van der Waals surface area (Å²) in [6.07, 6.45) is 0.812. The summed E-state index contributed by atoms with van der Waals surface area (Å²) in [6.45, 7) is 3.80. The first kappa shape index (κ1) is 14.3. The van der Waals surface area contributed by atoms with Gasteiger partial charge >= 0.3 is 5.69 Å². The number of Topliss-reactive ketones (excluding diaryl/α,β-unsaturated/α-hetero) is 1. The van der Waals surface area contributed by atoms with Gasteiger partial charge in [0.25, 0.3) is 0 Å². The lowest BCUT2D eigenvalue weighted by Gasteiger charge is -2.44. The molecule has 2 unspecified atom stereocenters. The van der Waals surface area contributed by atoms with Gasteiger partial charge in [-0.15, -0.1) is 0 Å². The third-order valence-corrected chi connectivity index (χ3v) is 4.08. The molecule has 0 heterocycles. The Kier molecular flexibility index (Phi) is 3.65. The van der Waals surface area contributed by atoms with E-state index in [9.17, 15) is 14.9 Å². The van der Waals surface area contributed by atoms with E-state index in [0.29, 0.717) is 18.6 Å². The fraction of sp³-hybridized carbons (Fsp3) is 0.500. The van der Waals surface area contributed by atoms with Crippen LogP contribution in [0.4, 0.5) is 5.69 Å². The molecule has 0 N–H and O–H groups in total. The van der Waals surface area contributed by atoms with E-state index in [0.717, 1.165) is 0 Å². The monoisotopic (exact) mass is 279 g/mol. The summed E-state index contributed by atoms with van der Waals surface area (Å²) in [7, 11) is 1.38. The molecule has 0 aliphatic heterocycles. The third-order valence-electron chi connectivity index (χ3n) is 4.08. The van der Waals surface area contributed by atoms with E-state index < -0.39 is 10.3 Å². The molecule has 6 heteroatoms. The highest BCUT2D eigenvalue weighted by Gasteiger charge is 2.51. The number of ether oxygens (including phenoxy) is 2. The number of hydrogen-bond acceptors (Lipinski definition) is 5. The van der Waals surface area contributed by atoms with Crippen molar-refractivity contribution in [3.63, 3.8) is 0 Å². The number of nitro benzene ring substituents is 1. The predicted octanol–water partition coefficient (Wildman–Crippen LogP) is 2.74. The summed E-state index contributed by atoms with van der Waals surface area (Å²) in [5.74, 6) is 0.743. The molecule has 0 radical (unpaired) electrons. The fourth-order valence-electron chi connectivity index (χ4n) is 2.32. The number of nitrogens with zero attached hydrogens (tertiary/aromatic N) is 1. The normalized spacial score (nSPS) is 24.9. The van der Waals surface area contributed by atoms with E-state index in [-0.39, 0.29) is 23.3 Å². The van der Waals surface area contributed by atoms with E-state index in [1.807, 2.05) is 13.8 Å². The van der Waals surface area contributed by atoms with E-state index in [2.05, 4.69) is 0 Å². The molecule has 108 valence electrons. The number of benzene rings is 1. The van der Waals surface area contributed by atoms with Crippen molar-refractivity contribution < 1.29 is 19.2 Å². The van der Waals surface area contributed by atoms with E-state index >= 15 is 0 Å². The van der Waals surface area contributed by atoms with Gasteiger partial charge in [0.1, 0.15) is 17.6 Å². The lowest BCUT2D eigenvalue weighted by molar-refractivity contribution is -0.385. The van der Waals surface area contributed by atoms with Crippen LogP contribution in [0.5, 0.6) is 11.5 Å². The van der Waals surface area contributed by atoms with E-state index in [4.69, 9.17) is 9.47 Å². The summed E-state index contributed by atoms with van der Waals surface area (Å²) in [5, 5.41) is 11.0. The molecule has 2 atom stereocenters. The molecule has 1 aromatic rings. The maximum atomic E-state index is 11.7. The minimum absolute atomic E-state index is 0.145. The second kappa shape index (κ2) is 5.11. The van der Waals surface area contributed by atoms with Crippen LogP contribution >= 0.6 is 0 Å². The average Bonchev–Trinajstić information content (AvgIpc) is 2.45. The number of carbonyl (C=O) groups excluding carboxylic acids is 1. The van der Waals surface area contributed by atoms with Crippen molar-refractivity contribution in [3.8, 4) is 11.5 Å². The van der Waals surface area contributed by atoms with Crippen molar-refractivity contribution in [3.05, 3.63) is 28.3 Å². The standard InChI is InChI=1S/C14H17NO5/c1-4-14(2)12(16)8-13(14)20-9-5-6-11(19-3)10(7-9)15(17)18/h5-7,13H,4,8H2,1-3H3. The van der Waals surface area contributed by atoms with Gasteiger partial charge < -0.3 is 9.47 Å². The minimum Gasteiger partial charge on any atom is -0.490 e. The summed E-state index contributed by atoms with van der Waals surface area (Å²) in [4.78, 5) is 22.1. The zero-order valence-electron chi connectivity index (χ0n) is 11.7. The Morgan fingerprint density at radius 3 is 2.70 bits per heavy atom. The molecule has 1 aliphatic rings. The molecule has 1 fully saturated rings. The van der Waals surface area contributed by atoms with Gasteiger partial charge in [0, 0.05) is 6.42 Å². The summed E-state index contributed by atoms with van der Waals surface area (Å²) < 4.78 is 10.7. The summed E-state index contributed by atoms with van der Waals surface area (Å²) in [6, 6.07) is 4.44. The number of nitro groups is 1. The number of ketones is 1. The highest BCUT2D eigenvalue weighted by molar-refractivity contribution is 5.92. The SMILES string of the molecule is CCC1(C)C(=O)CC1Oc1ccc(OC)c([N+](=O)[O-])c1. The van der Waals surface area contributed by atoms with Gasteiger partial charge in [-0.2, -0.15) is 0 Å². The quantitative estimate of drug-likeness (QED) is 0.611. The van der Waals surface area contributed by atoms with Crippen LogP contribution in [0.25, 0.3) is 0 Å². The van der Waals surface area contributed by atoms with Gasteiger partial charge in [-0.05, 0) is 25.5 Å². The van der Waals surface area contributed by atoms with E-state index in [1.165, 1.54) is 19.2 Å². The Morgan fingerprint density at radius 1 is 1.50 bits per heavy atom. The summed E-state index contributed by atoms with van der Waals surface area (Å²) >= 11 is 0. The smallest absolute Gasteiger partial charge is 0.314 e. The highest BCUT2D eigenvalue weighted by atomic mass is 16.6. The van der Waals surface area contributed by atoms with Crippen molar-refractivity contribution in [2.75, 3.05) is 7.11 Å². The third kappa shape index (κ3) is 2.21. The molecule has 0 amide bonds. The van der Waals surface area contributed by atoms with Crippen molar-refractivity contribution >= 4 is 11.5 Å². The lowest BCUT2D eigenvalue weighted by atomic mass is 9.64. The zero-order chi connectivity index (χ0) is 14.9. The molecule has 0 spiro atoms. The topological polar surface area (TPSA) is 78.7 Å². The fourth-order valence-corrected chi connectivity index (χ4v) is 2.32. The van der Waals surface area contributed by atoms with Crippen LogP contribution < -0.4 is 9.47 Å². The zero-order valence-corrected chi connectivity index (χ0v) is 11.7. The van der Waals surface area contributed by atoms with E-state index in [1.54, 1.807) is 6.07 Å². The molecule has 1 saturated carbocycles. The molecular formula is C14H17NO5. The van der Waals surface area contributed by atoms with Gasteiger partial charge in [0.05, 0.1) is 23.5 Å². The number of carbonyl (C=O) groups is 1. The van der Waals surface area contributed by atoms with Crippen LogP contribution in [0.15, 0.2) is 18.2 Å². The molecule has 20 heavy (non-hydrogen) atoms. The van der Waals surface area contributed by atoms with Gasteiger partial charge in [0.2, 0.25) is 0 Å². The van der Waals surface area contributed by atoms with Gasteiger partial charge in [-0.1, -0.05) is 6.92 Å². The van der Waals surface area contributed by atoms with Crippen LogP contribution in [0, 0.1) is 15.5 Å². The first-order valence-corrected chi connectivity index (χ1v) is 6.44. The van der Waals surface area contributed by atoms with Crippen LogP contribution in [0.1, 0.15) is 26.7 Å². The Morgan fingerprint density at radius 2 is 2.20 bits per heavy atom. The van der Waals surface area contributed by atoms with Gasteiger partial charge in [0.15, 0.2) is 5.75 Å². The van der Waals surface area contributed by atoms with Crippen molar-refractivity contribution in [1.29, 1.82) is 0 Å². The number of methoxy groups -OCH3 is 1. The van der Waals surface area contributed by atoms with Gasteiger partial charge in [-0.3, -0.25) is 14.9 Å². The van der Waals surface area contributed by atoms with Crippen LogP contribution in [-0.2, 0) is 4.79 Å². The molecule has 0 bridgehead atoms. The lowest BCUT2D eigenvalue weighted by Crippen LogP contribution is -2.54. The number of hydrogen-bond donors (Lipinski definition) is 0. The highest BCUT2D eigenvalue weighted by Crippen LogP contribution is 2.43. The molecule has 2 rings (SSSR count). The minimum atomic E-state index is -0.517. The largest absolute Gasteiger partial charge is 0.490 e. The maximum Gasteiger partial charge on any atom is 0.314 e. The van der Waals surface area contributed by atoms with Gasteiger partial charge in [-0.25, -0.2) is 0 Å². The maximum absolute atomic E-state index is 11.7. The molecule has 0 saturated heterocycles. The molecule has 1 aliphatic carbocycles. The number of rotatable bonds is 5. The van der Waals surface area contributed by atoms with Crippen LogP contribution in [-0.4, -0.2) is 23.9 Å². The second-order valence-electron chi connectivity index (χ2n) is 5.10. The summed E-state index contributed by atoms with van der Waals surface area (Å²) in [5.41, 5.74) is -0.636. The van der Waals surface area contributed by atoms with Crippen molar-refractivity contribution in [2.45, 2.75) is 32.8 Å². The van der Waals surface area contributed by atoms with Crippen LogP contribution in [0.3, 0.4) is 0 Å². The molecular weight excluding hydrogens is 262 g/mol. The Labute approximate surface area is 116 Å². The first-order chi connectivity index (χ1) is 9.42. The van der Waals surface area contributed by atoms with Crippen molar-refractivity contribution in [2.24, 2.45) is 5.41 Å². The predicted molar refractivity (Wildman–Crippen MR) is 72.1 cm³/mol. The first-order valence-electron chi connectivity index (χ1n) is 6.44. The Balaban J connectivity index is 2.21. The molecule has 6 nitrogen and oxygen atoms in total. The molecule has 1 aromatic carbocycles. The van der Waals surface area contributed by atoms with Crippen molar-refractivity contribution in [1.82, 2.24) is 0 Å². The Hall–Kier alpha value is -2.11. The average molecular weight is 279 g/mol. The molecule has 0 aromatic heterocycles. The second-order valence-corrected chi connectivity index (χ2v) is 5.10. The van der Waals surface area contributed by atoms with Crippen LogP contribution in [0.2, 0.25) is 0 Å².